The maximum absolute atomic E-state index is 12.2. The Morgan fingerprint density at radius 3 is 2.93 bits per heavy atom. The minimum Gasteiger partial charge on any atom is -0.355 e. The zero-order valence-corrected chi connectivity index (χ0v) is 17.2. The molecule has 3 rings (SSSR count). The molecule has 0 bridgehead atoms. The molecule has 0 saturated heterocycles. The monoisotopic (exact) mass is 402 g/mol. The van der Waals surface area contributed by atoms with E-state index in [0.29, 0.717) is 23.5 Å². The molecular formula is C18H22N6OS2. The zero-order valence-electron chi connectivity index (χ0n) is 15.5. The van der Waals surface area contributed by atoms with Crippen LogP contribution in [-0.2, 0) is 18.3 Å². The summed E-state index contributed by atoms with van der Waals surface area (Å²) >= 11 is 6.50. The Balaban J connectivity index is 1.55. The molecule has 0 radical (unpaired) electrons. The Morgan fingerprint density at radius 1 is 1.37 bits per heavy atom. The summed E-state index contributed by atoms with van der Waals surface area (Å²) in [6.07, 6.45) is 4.30. The van der Waals surface area contributed by atoms with Crippen LogP contribution in [0.5, 0.6) is 0 Å². The number of nitrogens with zero attached hydrogens (tertiary/aromatic N) is 4. The third-order valence-corrected chi connectivity index (χ3v) is 5.54. The van der Waals surface area contributed by atoms with Gasteiger partial charge in [-0.15, -0.1) is 0 Å². The first-order chi connectivity index (χ1) is 13.0. The van der Waals surface area contributed by atoms with E-state index in [1.807, 2.05) is 17.8 Å². The Bertz CT molecular complexity index is 1000. The number of aromatic nitrogens is 5. The summed E-state index contributed by atoms with van der Waals surface area (Å²) in [5.74, 6) is 1.09. The Kier molecular flexibility index (Phi) is 6.12. The molecule has 9 heteroatoms. The third kappa shape index (κ3) is 4.67. The van der Waals surface area contributed by atoms with Crippen LogP contribution in [0.15, 0.2) is 35.7 Å². The molecule has 0 saturated carbocycles. The number of aromatic amines is 1. The second kappa shape index (κ2) is 8.53. The molecule has 0 aliphatic heterocycles. The molecule has 1 amide bonds. The molecule has 27 heavy (non-hydrogen) atoms. The van der Waals surface area contributed by atoms with Crippen LogP contribution in [0.2, 0.25) is 0 Å². The maximum Gasteiger partial charge on any atom is 0.230 e. The van der Waals surface area contributed by atoms with Gasteiger partial charge >= 0.3 is 0 Å². The van der Waals surface area contributed by atoms with E-state index >= 15 is 0 Å². The second-order valence-electron chi connectivity index (χ2n) is 6.26. The van der Waals surface area contributed by atoms with Gasteiger partial charge in [0.2, 0.25) is 5.91 Å². The number of rotatable bonds is 7. The normalized spacial score (nSPS) is 10.9. The van der Waals surface area contributed by atoms with Crippen LogP contribution < -0.4 is 5.32 Å². The smallest absolute Gasteiger partial charge is 0.230 e. The van der Waals surface area contributed by atoms with Gasteiger partial charge in [-0.1, -0.05) is 23.9 Å². The minimum absolute atomic E-state index is 0.0349. The Morgan fingerprint density at radius 2 is 2.19 bits per heavy atom. The summed E-state index contributed by atoms with van der Waals surface area (Å²) in [5.41, 5.74) is 3.44. The van der Waals surface area contributed by atoms with Crippen molar-refractivity contribution in [2.24, 2.45) is 7.05 Å². The van der Waals surface area contributed by atoms with Crippen LogP contribution >= 0.6 is 24.0 Å². The van der Waals surface area contributed by atoms with E-state index in [0.717, 1.165) is 22.2 Å². The first kappa shape index (κ1) is 19.4. The van der Waals surface area contributed by atoms with E-state index in [1.165, 1.54) is 17.3 Å². The van der Waals surface area contributed by atoms with Gasteiger partial charge in [-0.2, -0.15) is 5.10 Å². The fourth-order valence-electron chi connectivity index (χ4n) is 2.66. The van der Waals surface area contributed by atoms with Gasteiger partial charge in [0.15, 0.2) is 9.93 Å². The van der Waals surface area contributed by atoms with Gasteiger partial charge in [-0.05, 0) is 43.3 Å². The molecular weight excluding hydrogens is 380 g/mol. The van der Waals surface area contributed by atoms with E-state index < -0.39 is 0 Å². The van der Waals surface area contributed by atoms with E-state index in [9.17, 15) is 4.79 Å². The molecule has 0 aliphatic carbocycles. The first-order valence-electron chi connectivity index (χ1n) is 8.56. The van der Waals surface area contributed by atoms with Gasteiger partial charge in [0.1, 0.15) is 5.82 Å². The van der Waals surface area contributed by atoms with Crippen LogP contribution in [0.1, 0.15) is 17.0 Å². The maximum atomic E-state index is 12.2. The molecule has 0 spiro atoms. The number of thioether (sulfide) groups is 1. The van der Waals surface area contributed by atoms with Crippen molar-refractivity contribution < 1.29 is 4.79 Å². The first-order valence-corrected chi connectivity index (χ1v) is 9.96. The number of carbonyl (C=O) groups excluding carboxylic acids is 1. The van der Waals surface area contributed by atoms with Crippen molar-refractivity contribution in [2.45, 2.75) is 25.4 Å². The largest absolute Gasteiger partial charge is 0.355 e. The highest BCUT2D eigenvalue weighted by molar-refractivity contribution is 7.99. The van der Waals surface area contributed by atoms with Crippen molar-refractivity contribution in [3.63, 3.8) is 0 Å². The van der Waals surface area contributed by atoms with Gasteiger partial charge in [0.05, 0.1) is 11.4 Å². The summed E-state index contributed by atoms with van der Waals surface area (Å²) in [5, 5.41) is 10.6. The lowest BCUT2D eigenvalue weighted by atomic mass is 10.1. The number of aryl methyl sites for hydroxylation is 2. The van der Waals surface area contributed by atoms with Crippen LogP contribution in [0, 0.1) is 18.6 Å². The summed E-state index contributed by atoms with van der Waals surface area (Å²) in [6, 6.07) is 6.30. The number of carbonyl (C=O) groups is 1. The number of H-pyrrole nitrogens is 1. The van der Waals surface area contributed by atoms with Crippen LogP contribution in [0.3, 0.4) is 0 Å². The molecule has 1 aromatic carbocycles. The molecule has 2 N–H and O–H groups in total. The van der Waals surface area contributed by atoms with Gasteiger partial charge in [0.25, 0.3) is 0 Å². The number of hydrogen-bond acceptors (Lipinski definition) is 5. The number of hydrogen-bond donors (Lipinski definition) is 2. The van der Waals surface area contributed by atoms with Crippen molar-refractivity contribution in [3.8, 4) is 5.69 Å². The summed E-state index contributed by atoms with van der Waals surface area (Å²) in [7, 11) is 1.85. The number of amides is 1. The van der Waals surface area contributed by atoms with Crippen LogP contribution in [-0.4, -0.2) is 42.5 Å². The summed E-state index contributed by atoms with van der Waals surface area (Å²) < 4.78 is 4.40. The van der Waals surface area contributed by atoms with Crippen molar-refractivity contribution in [2.75, 3.05) is 12.3 Å². The number of benzene rings is 1. The summed E-state index contributed by atoms with van der Waals surface area (Å²) in [6.45, 7) is 4.64. The molecule has 0 fully saturated rings. The average molecular weight is 403 g/mol. The second-order valence-corrected chi connectivity index (χ2v) is 7.59. The fraction of sp³-hybridized carbons (Fsp3) is 0.333. The molecule has 0 atom stereocenters. The van der Waals surface area contributed by atoms with Crippen molar-refractivity contribution in [1.29, 1.82) is 0 Å². The SMILES string of the molecule is Cc1ccc(C)c(-n2ccnc2SCC(=O)NCCc2n[nH]c(=S)n2C)c1. The molecule has 142 valence electrons. The highest BCUT2D eigenvalue weighted by Gasteiger charge is 2.11. The lowest BCUT2D eigenvalue weighted by molar-refractivity contribution is -0.118. The van der Waals surface area contributed by atoms with Crippen molar-refractivity contribution >= 4 is 29.9 Å². The molecule has 2 heterocycles. The third-order valence-electron chi connectivity index (χ3n) is 4.21. The van der Waals surface area contributed by atoms with Gasteiger partial charge < -0.3 is 9.88 Å². The number of imidazole rings is 1. The molecule has 0 unspecified atom stereocenters. The highest BCUT2D eigenvalue weighted by atomic mass is 32.2. The number of nitrogens with one attached hydrogen (secondary N) is 2. The fourth-order valence-corrected chi connectivity index (χ4v) is 3.60. The Labute approximate surface area is 167 Å². The molecule has 0 aliphatic rings. The quantitative estimate of drug-likeness (QED) is 0.469. The lowest BCUT2D eigenvalue weighted by Gasteiger charge is -2.11. The molecule has 7 nitrogen and oxygen atoms in total. The van der Waals surface area contributed by atoms with Crippen LogP contribution in [0.25, 0.3) is 5.69 Å². The van der Waals surface area contributed by atoms with Gasteiger partial charge in [-0.3, -0.25) is 14.5 Å². The highest BCUT2D eigenvalue weighted by Crippen LogP contribution is 2.23. The van der Waals surface area contributed by atoms with E-state index in [2.05, 4.69) is 52.5 Å². The van der Waals surface area contributed by atoms with Gasteiger partial charge in [0, 0.05) is 32.4 Å². The topological polar surface area (TPSA) is 80.5 Å². The van der Waals surface area contributed by atoms with Crippen LogP contribution in [0.4, 0.5) is 0 Å². The summed E-state index contributed by atoms with van der Waals surface area (Å²) in [4.78, 5) is 16.6. The zero-order chi connectivity index (χ0) is 19.4. The van der Waals surface area contributed by atoms with Gasteiger partial charge in [-0.25, -0.2) is 4.98 Å². The molecule has 3 aromatic rings. The standard InChI is InChI=1S/C18H22N6OS2/c1-12-4-5-13(2)14(10-12)24-9-8-20-18(24)27-11-16(25)19-7-6-15-21-22-17(26)23(15)3/h4-5,8-10H,6-7,11H2,1-3H3,(H,19,25)(H,22,26). The van der Waals surface area contributed by atoms with Crippen molar-refractivity contribution in [1.82, 2.24) is 29.6 Å². The lowest BCUT2D eigenvalue weighted by Crippen LogP contribution is -2.28. The average Bonchev–Trinajstić information content (AvgIpc) is 3.23. The van der Waals surface area contributed by atoms with E-state index in [1.54, 1.807) is 10.8 Å². The minimum atomic E-state index is -0.0349. The predicted molar refractivity (Wildman–Crippen MR) is 109 cm³/mol. The Hall–Kier alpha value is -2.39. The predicted octanol–water partition coefficient (Wildman–Crippen LogP) is 2.73. The molecule has 2 aromatic heterocycles. The van der Waals surface area contributed by atoms with E-state index in [4.69, 9.17) is 12.2 Å². The van der Waals surface area contributed by atoms with Crippen molar-refractivity contribution in [3.05, 3.63) is 52.3 Å². The van der Waals surface area contributed by atoms with E-state index in [-0.39, 0.29) is 5.91 Å².